The summed E-state index contributed by atoms with van der Waals surface area (Å²) in [5, 5.41) is 11.9. The molecule has 1 N–H and O–H groups in total. The van der Waals surface area contributed by atoms with Crippen LogP contribution in [-0.4, -0.2) is 16.5 Å². The molecule has 0 fully saturated rings. The molecule has 0 saturated carbocycles. The van der Waals surface area contributed by atoms with Gasteiger partial charge in [0.2, 0.25) is 0 Å². The average molecular weight is 224 g/mol. The first-order valence-electron chi connectivity index (χ1n) is 5.37. The van der Waals surface area contributed by atoms with Gasteiger partial charge in [0.05, 0.1) is 11.9 Å². The van der Waals surface area contributed by atoms with Crippen LogP contribution in [0.25, 0.3) is 0 Å². The minimum absolute atomic E-state index is 0.435. The highest BCUT2D eigenvalue weighted by Crippen LogP contribution is 2.06. The van der Waals surface area contributed by atoms with Crippen molar-refractivity contribution < 1.29 is 0 Å². The van der Waals surface area contributed by atoms with Gasteiger partial charge in [0.15, 0.2) is 0 Å². The Morgan fingerprint density at radius 1 is 1.18 bits per heavy atom. The molecule has 4 nitrogen and oxygen atoms in total. The molecular weight excluding hydrogens is 212 g/mol. The number of nitriles is 1. The summed E-state index contributed by atoms with van der Waals surface area (Å²) >= 11 is 0. The summed E-state index contributed by atoms with van der Waals surface area (Å²) in [5.74, 6) is 0. The molecule has 2 heterocycles. The zero-order valence-electron chi connectivity index (χ0n) is 9.30. The molecule has 0 saturated heterocycles. The van der Waals surface area contributed by atoms with Gasteiger partial charge >= 0.3 is 0 Å². The SMILES string of the molecule is N#Cc1ccc(NCCc2ccncc2)cn1. The quantitative estimate of drug-likeness (QED) is 0.862. The summed E-state index contributed by atoms with van der Waals surface area (Å²) in [5.41, 5.74) is 2.61. The summed E-state index contributed by atoms with van der Waals surface area (Å²) < 4.78 is 0. The smallest absolute Gasteiger partial charge is 0.140 e. The van der Waals surface area contributed by atoms with Crippen LogP contribution < -0.4 is 5.32 Å². The van der Waals surface area contributed by atoms with E-state index in [1.165, 1.54) is 5.56 Å². The molecular formula is C13H12N4. The second kappa shape index (κ2) is 5.61. The first kappa shape index (κ1) is 11.1. The Balaban J connectivity index is 1.84. The Hall–Kier alpha value is -2.41. The van der Waals surface area contributed by atoms with Crippen LogP contribution in [-0.2, 0) is 6.42 Å². The molecule has 2 aromatic rings. The standard InChI is InChI=1S/C13H12N4/c14-9-12-1-2-13(10-17-12)16-8-5-11-3-6-15-7-4-11/h1-4,6-7,10,16H,5,8H2. The van der Waals surface area contributed by atoms with Crippen LogP contribution in [0.15, 0.2) is 42.9 Å². The molecule has 0 aromatic carbocycles. The number of aromatic nitrogens is 2. The molecule has 0 spiro atoms. The van der Waals surface area contributed by atoms with E-state index in [4.69, 9.17) is 5.26 Å². The van der Waals surface area contributed by atoms with E-state index >= 15 is 0 Å². The van der Waals surface area contributed by atoms with Gasteiger partial charge in [0, 0.05) is 18.9 Å². The first-order chi connectivity index (χ1) is 8.38. The van der Waals surface area contributed by atoms with E-state index in [1.807, 2.05) is 24.3 Å². The van der Waals surface area contributed by atoms with Gasteiger partial charge in [-0.25, -0.2) is 4.98 Å². The maximum atomic E-state index is 8.61. The van der Waals surface area contributed by atoms with Gasteiger partial charge in [-0.3, -0.25) is 4.98 Å². The second-order valence-electron chi connectivity index (χ2n) is 3.58. The van der Waals surface area contributed by atoms with Crippen molar-refractivity contribution in [3.8, 4) is 6.07 Å². The van der Waals surface area contributed by atoms with Crippen LogP contribution in [0.2, 0.25) is 0 Å². The molecule has 0 unspecified atom stereocenters. The lowest BCUT2D eigenvalue weighted by molar-refractivity contribution is 1.01. The molecule has 0 amide bonds. The van der Waals surface area contributed by atoms with Gasteiger partial charge in [0.1, 0.15) is 11.8 Å². The number of rotatable bonds is 4. The normalized spacial score (nSPS) is 9.59. The van der Waals surface area contributed by atoms with Crippen molar-refractivity contribution in [1.82, 2.24) is 9.97 Å². The minimum atomic E-state index is 0.435. The predicted octanol–water partition coefficient (Wildman–Crippen LogP) is 2.00. The van der Waals surface area contributed by atoms with E-state index in [0.29, 0.717) is 5.69 Å². The van der Waals surface area contributed by atoms with E-state index in [9.17, 15) is 0 Å². The molecule has 0 aliphatic rings. The summed E-state index contributed by atoms with van der Waals surface area (Å²) in [6, 6.07) is 9.55. The van der Waals surface area contributed by atoms with Crippen molar-refractivity contribution in [3.63, 3.8) is 0 Å². The van der Waals surface area contributed by atoms with Gasteiger partial charge in [-0.2, -0.15) is 5.26 Å². The predicted molar refractivity (Wildman–Crippen MR) is 65.4 cm³/mol. The fraction of sp³-hybridized carbons (Fsp3) is 0.154. The summed E-state index contributed by atoms with van der Waals surface area (Å²) in [6.45, 7) is 0.831. The molecule has 2 rings (SSSR count). The van der Waals surface area contributed by atoms with Crippen molar-refractivity contribution in [2.45, 2.75) is 6.42 Å². The van der Waals surface area contributed by atoms with Crippen molar-refractivity contribution in [3.05, 3.63) is 54.1 Å². The molecule has 4 heteroatoms. The first-order valence-corrected chi connectivity index (χ1v) is 5.37. The summed E-state index contributed by atoms with van der Waals surface area (Å²) in [4.78, 5) is 7.96. The number of nitrogens with zero attached hydrogens (tertiary/aromatic N) is 3. The lowest BCUT2D eigenvalue weighted by Crippen LogP contribution is -2.05. The summed E-state index contributed by atoms with van der Waals surface area (Å²) in [6.07, 6.45) is 6.19. The number of hydrogen-bond acceptors (Lipinski definition) is 4. The van der Waals surface area contributed by atoms with E-state index in [1.54, 1.807) is 24.7 Å². The number of hydrogen-bond donors (Lipinski definition) is 1. The zero-order valence-corrected chi connectivity index (χ0v) is 9.30. The van der Waals surface area contributed by atoms with Crippen molar-refractivity contribution in [1.29, 1.82) is 5.26 Å². The van der Waals surface area contributed by atoms with Gasteiger partial charge in [-0.15, -0.1) is 0 Å². The van der Waals surface area contributed by atoms with Crippen LogP contribution in [0.1, 0.15) is 11.3 Å². The average Bonchev–Trinajstić information content (AvgIpc) is 2.41. The maximum absolute atomic E-state index is 8.61. The lowest BCUT2D eigenvalue weighted by atomic mass is 10.2. The molecule has 0 aliphatic heterocycles. The van der Waals surface area contributed by atoms with Crippen molar-refractivity contribution >= 4 is 5.69 Å². The summed E-state index contributed by atoms with van der Waals surface area (Å²) in [7, 11) is 0. The van der Waals surface area contributed by atoms with Gasteiger partial charge in [-0.1, -0.05) is 0 Å². The Morgan fingerprint density at radius 2 is 2.00 bits per heavy atom. The second-order valence-corrected chi connectivity index (χ2v) is 3.58. The highest BCUT2D eigenvalue weighted by atomic mass is 14.9. The highest BCUT2D eigenvalue weighted by molar-refractivity contribution is 5.42. The molecule has 0 aliphatic carbocycles. The third-order valence-corrected chi connectivity index (χ3v) is 2.37. The van der Waals surface area contributed by atoms with Crippen LogP contribution in [0.4, 0.5) is 5.69 Å². The Kier molecular flexibility index (Phi) is 3.66. The van der Waals surface area contributed by atoms with Crippen LogP contribution in [0.5, 0.6) is 0 Å². The minimum Gasteiger partial charge on any atom is -0.383 e. The lowest BCUT2D eigenvalue weighted by Gasteiger charge is -2.05. The van der Waals surface area contributed by atoms with Gasteiger partial charge < -0.3 is 5.32 Å². The van der Waals surface area contributed by atoms with Crippen molar-refractivity contribution in [2.75, 3.05) is 11.9 Å². The molecule has 17 heavy (non-hydrogen) atoms. The molecule has 2 aromatic heterocycles. The van der Waals surface area contributed by atoms with E-state index in [2.05, 4.69) is 15.3 Å². The van der Waals surface area contributed by atoms with Crippen LogP contribution in [0.3, 0.4) is 0 Å². The fourth-order valence-corrected chi connectivity index (χ4v) is 1.47. The number of pyridine rings is 2. The van der Waals surface area contributed by atoms with Gasteiger partial charge in [-0.05, 0) is 36.2 Å². The highest BCUT2D eigenvalue weighted by Gasteiger charge is 1.95. The van der Waals surface area contributed by atoms with Crippen LogP contribution in [0, 0.1) is 11.3 Å². The molecule has 0 radical (unpaired) electrons. The molecule has 0 atom stereocenters. The topological polar surface area (TPSA) is 61.6 Å². The largest absolute Gasteiger partial charge is 0.383 e. The van der Waals surface area contributed by atoms with E-state index < -0.39 is 0 Å². The zero-order chi connectivity index (χ0) is 11.9. The Bertz CT molecular complexity index is 499. The number of nitrogens with one attached hydrogen (secondary N) is 1. The molecule has 84 valence electrons. The third-order valence-electron chi connectivity index (χ3n) is 2.37. The monoisotopic (exact) mass is 224 g/mol. The number of anilines is 1. The third kappa shape index (κ3) is 3.28. The van der Waals surface area contributed by atoms with Crippen molar-refractivity contribution in [2.24, 2.45) is 0 Å². The van der Waals surface area contributed by atoms with E-state index in [0.717, 1.165) is 18.7 Å². The maximum Gasteiger partial charge on any atom is 0.140 e. The van der Waals surface area contributed by atoms with Crippen LogP contribution >= 0.6 is 0 Å². The van der Waals surface area contributed by atoms with E-state index in [-0.39, 0.29) is 0 Å². The van der Waals surface area contributed by atoms with Gasteiger partial charge in [0.25, 0.3) is 0 Å². The Morgan fingerprint density at radius 3 is 2.65 bits per heavy atom. The fourth-order valence-electron chi connectivity index (χ4n) is 1.47. The molecule has 0 bridgehead atoms. The Labute approximate surface area is 100.0 Å².